The quantitative estimate of drug-likeness (QED) is 0.448. The fraction of sp³-hybridized carbons (Fsp3) is 0.188. The van der Waals surface area contributed by atoms with E-state index in [0.717, 1.165) is 10.5 Å². The van der Waals surface area contributed by atoms with Gasteiger partial charge in [-0.1, -0.05) is 23.2 Å². The van der Waals surface area contributed by atoms with Crippen molar-refractivity contribution in [2.24, 2.45) is 0 Å². The van der Waals surface area contributed by atoms with Crippen molar-refractivity contribution in [3.63, 3.8) is 0 Å². The topological polar surface area (TPSA) is 72.2 Å². The first-order chi connectivity index (χ1) is 11.4. The van der Waals surface area contributed by atoms with E-state index in [4.69, 9.17) is 23.2 Å². The summed E-state index contributed by atoms with van der Waals surface area (Å²) in [6.45, 7) is 0.316. The van der Waals surface area contributed by atoms with Gasteiger partial charge in [-0.05, 0) is 48.6 Å². The van der Waals surface area contributed by atoms with Crippen LogP contribution in [0.1, 0.15) is 15.9 Å². The molecule has 0 aliphatic rings. The Balaban J connectivity index is 2.08. The fourth-order valence-corrected chi connectivity index (χ4v) is 3.17. The number of nitrogens with one attached hydrogen (secondary N) is 1. The van der Waals surface area contributed by atoms with Gasteiger partial charge in [0.25, 0.3) is 11.6 Å². The Hall–Kier alpha value is -1.76. The van der Waals surface area contributed by atoms with Gasteiger partial charge in [-0.25, -0.2) is 0 Å². The van der Waals surface area contributed by atoms with Crippen molar-refractivity contribution >= 4 is 46.6 Å². The number of nitro groups is 1. The smallest absolute Gasteiger partial charge is 0.282 e. The van der Waals surface area contributed by atoms with Gasteiger partial charge in [-0.15, -0.1) is 11.8 Å². The molecule has 0 bridgehead atoms. The number of benzene rings is 2. The van der Waals surface area contributed by atoms with E-state index in [1.54, 1.807) is 24.3 Å². The van der Waals surface area contributed by atoms with Gasteiger partial charge in [0.2, 0.25) is 0 Å². The molecule has 0 fully saturated rings. The Morgan fingerprint density at radius 3 is 2.46 bits per heavy atom. The van der Waals surface area contributed by atoms with Crippen LogP contribution in [0, 0.1) is 10.1 Å². The zero-order valence-electron chi connectivity index (χ0n) is 12.7. The summed E-state index contributed by atoms with van der Waals surface area (Å²) in [6.07, 6.45) is 2.35. The zero-order chi connectivity index (χ0) is 17.7. The van der Waals surface area contributed by atoms with Gasteiger partial charge in [-0.3, -0.25) is 14.9 Å². The third-order valence-electron chi connectivity index (χ3n) is 3.27. The van der Waals surface area contributed by atoms with Crippen molar-refractivity contribution in [2.75, 3.05) is 12.8 Å². The molecule has 2 rings (SSSR count). The Kier molecular flexibility index (Phi) is 6.48. The lowest BCUT2D eigenvalue weighted by molar-refractivity contribution is -0.385. The third kappa shape index (κ3) is 4.87. The first-order valence-corrected chi connectivity index (χ1v) is 8.94. The first kappa shape index (κ1) is 18.6. The summed E-state index contributed by atoms with van der Waals surface area (Å²) >= 11 is 13.3. The van der Waals surface area contributed by atoms with Crippen LogP contribution in [0.25, 0.3) is 0 Å². The molecule has 24 heavy (non-hydrogen) atoms. The SMILES string of the molecule is CSc1ccc([N+](=O)[O-])c(C(=O)NCCc2cc(Cl)cc(Cl)c2)c1. The lowest BCUT2D eigenvalue weighted by atomic mass is 10.1. The van der Waals surface area contributed by atoms with Crippen molar-refractivity contribution in [1.29, 1.82) is 0 Å². The van der Waals surface area contributed by atoms with Gasteiger partial charge in [0.05, 0.1) is 4.92 Å². The molecule has 1 N–H and O–H groups in total. The van der Waals surface area contributed by atoms with Crippen molar-refractivity contribution < 1.29 is 9.72 Å². The normalized spacial score (nSPS) is 10.5. The highest BCUT2D eigenvalue weighted by atomic mass is 35.5. The Morgan fingerprint density at radius 2 is 1.88 bits per heavy atom. The summed E-state index contributed by atoms with van der Waals surface area (Å²) in [5.74, 6) is -0.481. The van der Waals surface area contributed by atoms with Crippen LogP contribution in [0.5, 0.6) is 0 Å². The van der Waals surface area contributed by atoms with E-state index < -0.39 is 10.8 Å². The molecule has 1 amide bonds. The van der Waals surface area contributed by atoms with Gasteiger partial charge < -0.3 is 5.32 Å². The maximum absolute atomic E-state index is 12.3. The molecule has 0 saturated heterocycles. The molecule has 0 saturated carbocycles. The van der Waals surface area contributed by atoms with E-state index in [1.807, 2.05) is 6.26 Å². The van der Waals surface area contributed by atoms with Crippen molar-refractivity contribution in [3.05, 3.63) is 67.7 Å². The zero-order valence-corrected chi connectivity index (χ0v) is 15.0. The van der Waals surface area contributed by atoms with Gasteiger partial charge in [0.1, 0.15) is 5.56 Å². The number of nitrogens with zero attached hydrogens (tertiary/aromatic N) is 1. The van der Waals surface area contributed by atoms with E-state index in [-0.39, 0.29) is 11.3 Å². The number of thioether (sulfide) groups is 1. The van der Waals surface area contributed by atoms with Gasteiger partial charge in [0.15, 0.2) is 0 Å². The number of nitro benzene ring substituents is 1. The van der Waals surface area contributed by atoms with Crippen LogP contribution in [-0.2, 0) is 6.42 Å². The van der Waals surface area contributed by atoms with Crippen LogP contribution in [0.4, 0.5) is 5.69 Å². The molecule has 0 radical (unpaired) electrons. The van der Waals surface area contributed by atoms with Crippen LogP contribution in [0.15, 0.2) is 41.3 Å². The highest BCUT2D eigenvalue weighted by molar-refractivity contribution is 7.98. The molecule has 126 valence electrons. The number of amides is 1. The van der Waals surface area contributed by atoms with Crippen LogP contribution in [0.3, 0.4) is 0 Å². The van der Waals surface area contributed by atoms with Crippen LogP contribution in [0.2, 0.25) is 10.0 Å². The number of rotatable bonds is 6. The summed E-state index contributed by atoms with van der Waals surface area (Å²) in [7, 11) is 0. The van der Waals surface area contributed by atoms with Crippen molar-refractivity contribution in [2.45, 2.75) is 11.3 Å². The molecule has 5 nitrogen and oxygen atoms in total. The number of hydrogen-bond acceptors (Lipinski definition) is 4. The molecule has 0 aliphatic carbocycles. The minimum atomic E-state index is -0.560. The minimum absolute atomic E-state index is 0.0518. The van der Waals surface area contributed by atoms with E-state index in [9.17, 15) is 14.9 Å². The second-order valence-corrected chi connectivity index (χ2v) is 6.68. The van der Waals surface area contributed by atoms with Crippen molar-refractivity contribution in [1.82, 2.24) is 5.32 Å². The molecule has 0 heterocycles. The predicted molar refractivity (Wildman–Crippen MR) is 97.4 cm³/mol. The monoisotopic (exact) mass is 384 g/mol. The maximum Gasteiger partial charge on any atom is 0.282 e. The van der Waals surface area contributed by atoms with Crippen molar-refractivity contribution in [3.8, 4) is 0 Å². The number of halogens is 2. The Labute approximate surface area is 153 Å². The fourth-order valence-electron chi connectivity index (χ4n) is 2.15. The molecule has 8 heteroatoms. The third-order valence-corrected chi connectivity index (χ3v) is 4.43. The molecule has 0 aromatic heterocycles. The Bertz CT molecular complexity index is 764. The van der Waals surface area contributed by atoms with Gasteiger partial charge in [-0.2, -0.15) is 0 Å². The summed E-state index contributed by atoms with van der Waals surface area (Å²) in [6, 6.07) is 9.63. The lowest BCUT2D eigenvalue weighted by Gasteiger charge is -2.08. The summed E-state index contributed by atoms with van der Waals surface area (Å²) in [5.41, 5.74) is 0.715. The molecule has 0 unspecified atom stereocenters. The van der Waals surface area contributed by atoms with Crippen LogP contribution in [-0.4, -0.2) is 23.6 Å². The molecule has 2 aromatic rings. The first-order valence-electron chi connectivity index (χ1n) is 6.96. The average molecular weight is 385 g/mol. The summed E-state index contributed by atoms with van der Waals surface area (Å²) in [4.78, 5) is 23.6. The average Bonchev–Trinajstić information content (AvgIpc) is 2.53. The molecular weight excluding hydrogens is 371 g/mol. The van der Waals surface area contributed by atoms with E-state index in [1.165, 1.54) is 23.9 Å². The number of carbonyl (C=O) groups excluding carboxylic acids is 1. The standard InChI is InChI=1S/C16H14Cl2N2O3S/c1-24-13-2-3-15(20(22)23)14(9-13)16(21)19-5-4-10-6-11(17)8-12(18)7-10/h2-3,6-9H,4-5H2,1H3,(H,19,21). The van der Waals surface area contributed by atoms with E-state index >= 15 is 0 Å². The second-order valence-electron chi connectivity index (χ2n) is 4.92. The van der Waals surface area contributed by atoms with E-state index in [2.05, 4.69) is 5.32 Å². The Morgan fingerprint density at radius 1 is 1.21 bits per heavy atom. The lowest BCUT2D eigenvalue weighted by Crippen LogP contribution is -2.26. The maximum atomic E-state index is 12.3. The molecule has 0 aliphatic heterocycles. The van der Waals surface area contributed by atoms with E-state index in [0.29, 0.717) is 23.0 Å². The number of hydrogen-bond donors (Lipinski definition) is 1. The van der Waals surface area contributed by atoms with Crippen LogP contribution < -0.4 is 5.32 Å². The van der Waals surface area contributed by atoms with Gasteiger partial charge in [0, 0.05) is 27.6 Å². The predicted octanol–water partition coefficient (Wildman–Crippen LogP) is 4.60. The minimum Gasteiger partial charge on any atom is -0.351 e. The summed E-state index contributed by atoms with van der Waals surface area (Å²) in [5, 5.41) is 14.8. The highest BCUT2D eigenvalue weighted by Gasteiger charge is 2.20. The second kappa shape index (κ2) is 8.37. The largest absolute Gasteiger partial charge is 0.351 e. The molecule has 0 atom stereocenters. The highest BCUT2D eigenvalue weighted by Crippen LogP contribution is 2.25. The van der Waals surface area contributed by atoms with Crippen LogP contribution >= 0.6 is 35.0 Å². The number of carbonyl (C=O) groups is 1. The molecular formula is C16H14Cl2N2O3S. The molecule has 0 spiro atoms. The van der Waals surface area contributed by atoms with Gasteiger partial charge >= 0.3 is 0 Å². The summed E-state index contributed by atoms with van der Waals surface area (Å²) < 4.78 is 0. The molecule has 2 aromatic carbocycles.